The lowest BCUT2D eigenvalue weighted by Crippen LogP contribution is -2.39. The normalized spacial score (nSPS) is 18.3. The van der Waals surface area contributed by atoms with Crippen LogP contribution >= 0.6 is 0 Å². The summed E-state index contributed by atoms with van der Waals surface area (Å²) in [6.07, 6.45) is 4.07. The van der Waals surface area contributed by atoms with Crippen LogP contribution in [-0.4, -0.2) is 18.8 Å². The van der Waals surface area contributed by atoms with Crippen LogP contribution in [0, 0.1) is 11.6 Å². The second-order valence-corrected chi connectivity index (χ2v) is 5.15. The van der Waals surface area contributed by atoms with Gasteiger partial charge in [0, 0.05) is 23.6 Å². The van der Waals surface area contributed by atoms with Gasteiger partial charge in [-0.25, -0.2) is 8.78 Å². The van der Waals surface area contributed by atoms with Crippen molar-refractivity contribution in [1.29, 1.82) is 0 Å². The zero-order valence-corrected chi connectivity index (χ0v) is 11.0. The molecular weight excluding hydrogens is 252 g/mol. The Morgan fingerprint density at radius 3 is 2.42 bits per heavy atom. The summed E-state index contributed by atoms with van der Waals surface area (Å²) in [6.45, 7) is 0.160. The van der Waals surface area contributed by atoms with Crippen molar-refractivity contribution in [3.63, 3.8) is 0 Å². The molecule has 1 saturated carbocycles. The van der Waals surface area contributed by atoms with E-state index in [1.54, 1.807) is 0 Å². The molecule has 1 aliphatic carbocycles. The third-order valence-electron chi connectivity index (χ3n) is 4.10. The van der Waals surface area contributed by atoms with Crippen LogP contribution in [0.25, 0.3) is 0 Å². The summed E-state index contributed by atoms with van der Waals surface area (Å²) < 4.78 is 33.5. The second-order valence-electron chi connectivity index (χ2n) is 5.15. The quantitative estimate of drug-likeness (QED) is 0.888. The zero-order valence-electron chi connectivity index (χ0n) is 11.0. The fourth-order valence-electron chi connectivity index (χ4n) is 3.00. The molecule has 0 atom stereocenters. The largest absolute Gasteiger partial charge is 0.505 e. The Hall–Kier alpha value is -1.36. The van der Waals surface area contributed by atoms with Crippen LogP contribution in [0.2, 0.25) is 0 Å². The van der Waals surface area contributed by atoms with E-state index in [9.17, 15) is 13.9 Å². The summed E-state index contributed by atoms with van der Waals surface area (Å²) >= 11 is 0. The van der Waals surface area contributed by atoms with Gasteiger partial charge in [-0.05, 0) is 12.8 Å². The maximum atomic E-state index is 14.4. The molecule has 0 aliphatic heterocycles. The molecule has 0 saturated heterocycles. The van der Waals surface area contributed by atoms with E-state index in [-0.39, 0.29) is 17.9 Å². The molecular formula is C14H19F2NO2. The first kappa shape index (κ1) is 14.1. The van der Waals surface area contributed by atoms with Gasteiger partial charge in [0.2, 0.25) is 0 Å². The Balaban J connectivity index is 2.62. The molecule has 5 heteroatoms. The first-order chi connectivity index (χ1) is 9.05. The van der Waals surface area contributed by atoms with Crippen molar-refractivity contribution in [2.24, 2.45) is 5.73 Å². The third kappa shape index (κ3) is 2.27. The summed E-state index contributed by atoms with van der Waals surface area (Å²) in [4.78, 5) is 0. The summed E-state index contributed by atoms with van der Waals surface area (Å²) in [6, 6.07) is 0.960. The summed E-state index contributed by atoms with van der Waals surface area (Å²) in [5.41, 5.74) is 4.94. The molecule has 0 heterocycles. The second kappa shape index (κ2) is 5.33. The number of ether oxygens (including phenoxy) is 1. The molecule has 0 radical (unpaired) electrons. The number of rotatable bonds is 3. The predicted molar refractivity (Wildman–Crippen MR) is 68.4 cm³/mol. The minimum Gasteiger partial charge on any atom is -0.505 e. The lowest BCUT2D eigenvalue weighted by molar-refractivity contribution is 0.270. The molecule has 2 rings (SSSR count). The minimum absolute atomic E-state index is 0.119. The van der Waals surface area contributed by atoms with Gasteiger partial charge in [0.15, 0.2) is 23.1 Å². The standard InChI is InChI=1S/C14H19F2NO2/c1-19-10-7-9(18)12(15)11(13(10)16)14(8-17)5-3-2-4-6-14/h7,18H,2-6,8,17H2,1H3. The minimum atomic E-state index is -0.911. The lowest BCUT2D eigenvalue weighted by atomic mass is 9.69. The Bertz CT molecular complexity index is 471. The molecule has 1 aliphatic rings. The van der Waals surface area contributed by atoms with E-state index in [2.05, 4.69) is 0 Å². The van der Waals surface area contributed by atoms with Gasteiger partial charge >= 0.3 is 0 Å². The van der Waals surface area contributed by atoms with Gasteiger partial charge in [-0.3, -0.25) is 0 Å². The molecule has 3 nitrogen and oxygen atoms in total. The fraction of sp³-hybridized carbons (Fsp3) is 0.571. The fourth-order valence-corrected chi connectivity index (χ4v) is 3.00. The number of nitrogens with two attached hydrogens (primary N) is 1. The third-order valence-corrected chi connectivity index (χ3v) is 4.10. The number of phenolic OH excluding ortho intramolecular Hbond substituents is 1. The summed E-state index contributed by atoms with van der Waals surface area (Å²) in [7, 11) is 1.29. The van der Waals surface area contributed by atoms with Crippen LogP contribution < -0.4 is 10.5 Å². The van der Waals surface area contributed by atoms with Crippen molar-refractivity contribution >= 4 is 0 Å². The molecule has 0 amide bonds. The number of hydrogen-bond donors (Lipinski definition) is 2. The van der Waals surface area contributed by atoms with E-state index in [1.165, 1.54) is 7.11 Å². The van der Waals surface area contributed by atoms with Crippen molar-refractivity contribution in [2.75, 3.05) is 13.7 Å². The topological polar surface area (TPSA) is 55.5 Å². The lowest BCUT2D eigenvalue weighted by Gasteiger charge is -2.37. The number of hydrogen-bond acceptors (Lipinski definition) is 3. The van der Waals surface area contributed by atoms with Gasteiger partial charge < -0.3 is 15.6 Å². The van der Waals surface area contributed by atoms with Crippen molar-refractivity contribution in [3.8, 4) is 11.5 Å². The highest BCUT2D eigenvalue weighted by Gasteiger charge is 2.39. The Morgan fingerprint density at radius 1 is 1.26 bits per heavy atom. The number of aromatic hydroxyl groups is 1. The zero-order chi connectivity index (χ0) is 14.0. The first-order valence-corrected chi connectivity index (χ1v) is 6.51. The van der Waals surface area contributed by atoms with E-state index < -0.39 is 22.8 Å². The number of phenols is 1. The number of halogens is 2. The average molecular weight is 271 g/mol. The van der Waals surface area contributed by atoms with Crippen molar-refractivity contribution in [2.45, 2.75) is 37.5 Å². The van der Waals surface area contributed by atoms with Gasteiger partial charge in [0.1, 0.15) is 0 Å². The van der Waals surface area contributed by atoms with Crippen molar-refractivity contribution in [1.82, 2.24) is 0 Å². The maximum Gasteiger partial charge on any atom is 0.172 e. The van der Waals surface area contributed by atoms with Crippen LogP contribution in [0.1, 0.15) is 37.7 Å². The molecule has 1 aromatic carbocycles. The van der Waals surface area contributed by atoms with E-state index in [4.69, 9.17) is 10.5 Å². The Kier molecular flexibility index (Phi) is 3.94. The molecule has 19 heavy (non-hydrogen) atoms. The SMILES string of the molecule is COc1cc(O)c(F)c(C2(CN)CCCCC2)c1F. The summed E-state index contributed by atoms with van der Waals surface area (Å²) in [5.74, 6) is -2.39. The highest BCUT2D eigenvalue weighted by atomic mass is 19.1. The van der Waals surface area contributed by atoms with Crippen LogP contribution in [0.3, 0.4) is 0 Å². The molecule has 1 aromatic rings. The van der Waals surface area contributed by atoms with E-state index in [0.717, 1.165) is 25.3 Å². The van der Waals surface area contributed by atoms with Crippen molar-refractivity contribution in [3.05, 3.63) is 23.3 Å². The molecule has 0 unspecified atom stereocenters. The van der Waals surface area contributed by atoms with Crippen LogP contribution in [-0.2, 0) is 5.41 Å². The summed E-state index contributed by atoms with van der Waals surface area (Å²) in [5, 5.41) is 9.61. The monoisotopic (exact) mass is 271 g/mol. The highest BCUT2D eigenvalue weighted by Crippen LogP contribution is 2.44. The Morgan fingerprint density at radius 2 is 1.89 bits per heavy atom. The van der Waals surface area contributed by atoms with Crippen LogP contribution in [0.4, 0.5) is 8.78 Å². The highest BCUT2D eigenvalue weighted by molar-refractivity contribution is 5.45. The van der Waals surface area contributed by atoms with E-state index in [1.807, 2.05) is 0 Å². The van der Waals surface area contributed by atoms with Gasteiger partial charge in [-0.1, -0.05) is 19.3 Å². The molecule has 0 aromatic heterocycles. The first-order valence-electron chi connectivity index (χ1n) is 6.51. The van der Waals surface area contributed by atoms with Crippen LogP contribution in [0.5, 0.6) is 11.5 Å². The van der Waals surface area contributed by atoms with Gasteiger partial charge in [0.25, 0.3) is 0 Å². The Labute approximate surface area is 111 Å². The van der Waals surface area contributed by atoms with Crippen molar-refractivity contribution < 1.29 is 18.6 Å². The van der Waals surface area contributed by atoms with Crippen LogP contribution in [0.15, 0.2) is 6.07 Å². The van der Waals surface area contributed by atoms with E-state index in [0.29, 0.717) is 12.8 Å². The number of methoxy groups -OCH3 is 1. The molecule has 3 N–H and O–H groups in total. The van der Waals surface area contributed by atoms with Gasteiger partial charge in [-0.15, -0.1) is 0 Å². The van der Waals surface area contributed by atoms with Gasteiger partial charge in [-0.2, -0.15) is 0 Å². The molecule has 0 spiro atoms. The smallest absolute Gasteiger partial charge is 0.172 e. The maximum absolute atomic E-state index is 14.4. The molecule has 0 bridgehead atoms. The molecule has 1 fully saturated rings. The predicted octanol–water partition coefficient (Wildman–Crippen LogP) is 2.84. The number of benzene rings is 1. The van der Waals surface area contributed by atoms with Gasteiger partial charge in [0.05, 0.1) is 7.11 Å². The molecule has 106 valence electrons. The average Bonchev–Trinajstić information content (AvgIpc) is 2.44. The van der Waals surface area contributed by atoms with E-state index >= 15 is 0 Å².